The summed E-state index contributed by atoms with van der Waals surface area (Å²) in [5.74, 6) is 2.30. The average Bonchev–Trinajstić information content (AvgIpc) is 3.00. The highest BCUT2D eigenvalue weighted by molar-refractivity contribution is 6.06. The first-order chi connectivity index (χ1) is 19.4. The summed E-state index contributed by atoms with van der Waals surface area (Å²) in [7, 11) is 6.38. The van der Waals surface area contributed by atoms with Crippen molar-refractivity contribution in [3.63, 3.8) is 0 Å². The molecule has 1 fully saturated rings. The van der Waals surface area contributed by atoms with Crippen LogP contribution < -0.4 is 23.8 Å². The summed E-state index contributed by atoms with van der Waals surface area (Å²) in [5, 5.41) is 11.1. The molecule has 0 spiro atoms. The lowest BCUT2D eigenvalue weighted by Gasteiger charge is -2.39. The first kappa shape index (κ1) is 31.5. The van der Waals surface area contributed by atoms with Crippen molar-refractivity contribution in [1.82, 2.24) is 4.90 Å². The Hall–Kier alpha value is -4.02. The molecule has 220 valence electrons. The Labute approximate surface area is 246 Å². The van der Waals surface area contributed by atoms with E-state index in [1.54, 1.807) is 45.5 Å². The largest absolute Gasteiger partial charge is 0.493 e. The van der Waals surface area contributed by atoms with Crippen LogP contribution in [0.15, 0.2) is 60.7 Å². The van der Waals surface area contributed by atoms with E-state index in [-0.39, 0.29) is 30.0 Å². The van der Waals surface area contributed by atoms with Gasteiger partial charge in [-0.3, -0.25) is 14.9 Å². The van der Waals surface area contributed by atoms with Gasteiger partial charge in [0, 0.05) is 55.1 Å². The van der Waals surface area contributed by atoms with Gasteiger partial charge in [0.25, 0.3) is 11.6 Å². The smallest absolute Gasteiger partial charge is 0.269 e. The topological polar surface area (TPSA) is 104 Å². The highest BCUT2D eigenvalue weighted by Gasteiger charge is 2.31. The zero-order chi connectivity index (χ0) is 28.6. The molecule has 0 radical (unpaired) electrons. The molecular formula is C30H36ClN3O7. The van der Waals surface area contributed by atoms with Crippen molar-refractivity contribution in [3.05, 3.63) is 81.9 Å². The van der Waals surface area contributed by atoms with Crippen LogP contribution in [0.3, 0.4) is 0 Å². The van der Waals surface area contributed by atoms with E-state index in [0.717, 1.165) is 38.9 Å². The van der Waals surface area contributed by atoms with E-state index in [4.69, 9.17) is 18.9 Å². The maximum absolute atomic E-state index is 13.8. The summed E-state index contributed by atoms with van der Waals surface area (Å²) >= 11 is 0. The van der Waals surface area contributed by atoms with Crippen LogP contribution in [0.4, 0.5) is 11.4 Å². The van der Waals surface area contributed by atoms with Crippen LogP contribution in [0.1, 0.15) is 28.8 Å². The normalized spacial score (nSPS) is 13.6. The van der Waals surface area contributed by atoms with Crippen molar-refractivity contribution < 1.29 is 28.7 Å². The molecule has 0 atom stereocenters. The maximum atomic E-state index is 13.8. The number of nitro benzene ring substituents is 1. The van der Waals surface area contributed by atoms with E-state index in [9.17, 15) is 14.9 Å². The van der Waals surface area contributed by atoms with E-state index in [0.29, 0.717) is 34.2 Å². The number of amides is 1. The number of hydrogen-bond donors (Lipinski definition) is 0. The number of nitrogens with zero attached hydrogens (tertiary/aromatic N) is 3. The molecule has 1 aliphatic rings. The number of carbonyl (C=O) groups excluding carboxylic acids is 1. The van der Waals surface area contributed by atoms with Crippen molar-refractivity contribution in [1.29, 1.82) is 0 Å². The highest BCUT2D eigenvalue weighted by atomic mass is 35.5. The van der Waals surface area contributed by atoms with Gasteiger partial charge in [-0.25, -0.2) is 0 Å². The van der Waals surface area contributed by atoms with E-state index < -0.39 is 4.92 Å². The molecule has 0 aromatic heterocycles. The molecule has 0 bridgehead atoms. The second kappa shape index (κ2) is 14.6. The van der Waals surface area contributed by atoms with Crippen LogP contribution in [0, 0.1) is 10.1 Å². The quantitative estimate of drug-likeness (QED) is 0.217. The van der Waals surface area contributed by atoms with E-state index in [2.05, 4.69) is 11.0 Å². The number of halogens is 1. The molecule has 3 aromatic carbocycles. The Bertz CT molecular complexity index is 1330. The minimum absolute atomic E-state index is 0. The molecular weight excluding hydrogens is 550 g/mol. The third-order valence-electron chi connectivity index (χ3n) is 7.28. The van der Waals surface area contributed by atoms with Crippen LogP contribution in [-0.2, 0) is 6.42 Å². The Kier molecular flexibility index (Phi) is 11.2. The zero-order valence-corrected chi connectivity index (χ0v) is 24.5. The number of piperidine rings is 1. The summed E-state index contributed by atoms with van der Waals surface area (Å²) in [5.41, 5.74) is 2.18. The molecule has 3 aromatic rings. The summed E-state index contributed by atoms with van der Waals surface area (Å²) in [6.07, 6.45) is 2.42. The number of methoxy groups -OCH3 is 4. The van der Waals surface area contributed by atoms with Gasteiger partial charge >= 0.3 is 0 Å². The Balaban J connectivity index is 0.00000462. The molecule has 41 heavy (non-hydrogen) atoms. The lowest BCUT2D eigenvalue weighted by molar-refractivity contribution is -0.384. The van der Waals surface area contributed by atoms with E-state index in [1.165, 1.54) is 29.8 Å². The van der Waals surface area contributed by atoms with Gasteiger partial charge in [0.15, 0.2) is 23.0 Å². The number of anilines is 1. The molecule has 1 aliphatic heterocycles. The monoisotopic (exact) mass is 585 g/mol. The van der Waals surface area contributed by atoms with Gasteiger partial charge in [-0.1, -0.05) is 6.07 Å². The first-order valence-electron chi connectivity index (χ1n) is 13.1. The molecule has 0 unspecified atom stereocenters. The summed E-state index contributed by atoms with van der Waals surface area (Å²) in [6.45, 7) is 2.54. The van der Waals surface area contributed by atoms with Gasteiger partial charge in [-0.05, 0) is 61.2 Å². The Morgan fingerprint density at radius 2 is 1.41 bits per heavy atom. The fraction of sp³-hybridized carbons (Fsp3) is 0.367. The molecule has 0 N–H and O–H groups in total. The fourth-order valence-corrected chi connectivity index (χ4v) is 5.06. The number of benzene rings is 3. The van der Waals surface area contributed by atoms with E-state index in [1.807, 2.05) is 18.2 Å². The van der Waals surface area contributed by atoms with Crippen molar-refractivity contribution in [2.75, 3.05) is 53.0 Å². The lowest BCUT2D eigenvalue weighted by atomic mass is 10.00. The summed E-state index contributed by atoms with van der Waals surface area (Å²) in [6, 6.07) is 17.1. The number of rotatable bonds is 11. The van der Waals surface area contributed by atoms with Crippen molar-refractivity contribution in [2.24, 2.45) is 0 Å². The van der Waals surface area contributed by atoms with Crippen LogP contribution in [0.2, 0.25) is 0 Å². The number of hydrogen-bond acceptors (Lipinski definition) is 8. The highest BCUT2D eigenvalue weighted by Crippen LogP contribution is 2.35. The predicted molar refractivity (Wildman–Crippen MR) is 159 cm³/mol. The molecule has 4 rings (SSSR count). The first-order valence-corrected chi connectivity index (χ1v) is 13.1. The molecule has 0 saturated carbocycles. The second-order valence-corrected chi connectivity index (χ2v) is 9.53. The second-order valence-electron chi connectivity index (χ2n) is 9.53. The van der Waals surface area contributed by atoms with Crippen LogP contribution in [-0.4, -0.2) is 69.8 Å². The van der Waals surface area contributed by atoms with Crippen molar-refractivity contribution in [2.45, 2.75) is 25.3 Å². The van der Waals surface area contributed by atoms with Gasteiger partial charge in [0.2, 0.25) is 0 Å². The van der Waals surface area contributed by atoms with Gasteiger partial charge in [-0.15, -0.1) is 12.4 Å². The number of likely N-dealkylation sites (tertiary alicyclic amines) is 1. The number of non-ortho nitro benzene ring substituents is 1. The van der Waals surface area contributed by atoms with Crippen molar-refractivity contribution in [3.8, 4) is 23.0 Å². The summed E-state index contributed by atoms with van der Waals surface area (Å²) in [4.78, 5) is 28.7. The molecule has 1 saturated heterocycles. The maximum Gasteiger partial charge on any atom is 0.269 e. The summed E-state index contributed by atoms with van der Waals surface area (Å²) < 4.78 is 21.7. The van der Waals surface area contributed by atoms with E-state index >= 15 is 0 Å². The molecule has 10 nitrogen and oxygen atoms in total. The average molecular weight is 586 g/mol. The SMILES string of the molecule is COc1ccc(CCN2CCC(N(C(=O)c3ccc([N+](=O)[O-])cc3)c3ccc(OC)c(OC)c3)CC2)cc1OC.Cl. The molecule has 0 aliphatic carbocycles. The van der Waals surface area contributed by atoms with Gasteiger partial charge < -0.3 is 28.7 Å². The van der Waals surface area contributed by atoms with Crippen molar-refractivity contribution >= 4 is 29.7 Å². The molecule has 11 heteroatoms. The van der Waals surface area contributed by atoms with Crippen LogP contribution in [0.25, 0.3) is 0 Å². The number of nitro groups is 1. The Morgan fingerprint density at radius 1 is 0.854 bits per heavy atom. The Morgan fingerprint density at radius 3 is 1.98 bits per heavy atom. The third-order valence-corrected chi connectivity index (χ3v) is 7.28. The van der Waals surface area contributed by atoms with Crippen LogP contribution in [0.5, 0.6) is 23.0 Å². The predicted octanol–water partition coefficient (Wildman–Crippen LogP) is 5.40. The minimum atomic E-state index is -0.474. The molecule has 1 amide bonds. The number of ether oxygens (including phenoxy) is 4. The van der Waals surface area contributed by atoms with Crippen LogP contribution >= 0.6 is 12.4 Å². The van der Waals surface area contributed by atoms with Gasteiger partial charge in [0.05, 0.1) is 33.4 Å². The standard InChI is InChI=1S/C30H35N3O7.ClH/c1-37-26-11-5-21(19-28(26)39-3)13-16-31-17-14-23(15-18-31)32(25-10-12-27(38-2)29(20-25)40-4)30(34)22-6-8-24(9-7-22)33(35)36;/h5-12,19-20,23H,13-18H2,1-4H3;1H. The molecule has 1 heterocycles. The van der Waals surface area contributed by atoms with Gasteiger partial charge in [-0.2, -0.15) is 0 Å². The number of carbonyl (C=O) groups is 1. The minimum Gasteiger partial charge on any atom is -0.493 e. The van der Waals surface area contributed by atoms with Gasteiger partial charge in [0.1, 0.15) is 0 Å². The lowest BCUT2D eigenvalue weighted by Crippen LogP contribution is -2.48. The third kappa shape index (κ3) is 7.39. The fourth-order valence-electron chi connectivity index (χ4n) is 5.06. The zero-order valence-electron chi connectivity index (χ0n) is 23.7.